The van der Waals surface area contributed by atoms with Crippen LogP contribution in [0.4, 0.5) is 0 Å². The molecule has 0 N–H and O–H groups in total. The standard InChI is InChI=1S/C36H9B15N2/c37-17-13-14-18(38)22(42)26(46)29(49)35(14)53(34(13)28(48)25(45)21(17)41)36-20(40)16-15-19(39)23(43)24(44)27(47)32(15)52(33(16)30(50)31(36)51)12-8-4-7-11(9-12)10-5-2-1-3-6-10/h1-9H. The van der Waals surface area contributed by atoms with Gasteiger partial charge in [-0.2, -0.15) is 0 Å². The molecular formula is C36H9B15N2. The molecular weight excluding hydrogens is 623 g/mol. The van der Waals surface area contributed by atoms with Gasteiger partial charge in [-0.05, 0) is 39.4 Å². The van der Waals surface area contributed by atoms with Crippen molar-refractivity contribution in [2.24, 2.45) is 0 Å². The molecule has 0 aliphatic heterocycles. The van der Waals surface area contributed by atoms with Crippen LogP contribution in [-0.4, -0.2) is 127 Å². The Morgan fingerprint density at radius 2 is 0.642 bits per heavy atom. The van der Waals surface area contributed by atoms with Crippen molar-refractivity contribution >= 4 is 243 Å². The Labute approximate surface area is 327 Å². The minimum Gasteiger partial charge on any atom is -0.312 e. The molecule has 30 radical (unpaired) electrons. The molecule has 2 nitrogen and oxygen atoms in total. The minimum atomic E-state index is -0.00139. The highest BCUT2D eigenvalue weighted by Gasteiger charge is 2.28. The second-order valence-electron chi connectivity index (χ2n) is 13.0. The van der Waals surface area contributed by atoms with Crippen molar-refractivity contribution in [3.63, 3.8) is 0 Å². The van der Waals surface area contributed by atoms with Gasteiger partial charge in [0.05, 0.1) is 0 Å². The third-order valence-electron chi connectivity index (χ3n) is 10.3. The maximum Gasteiger partial charge on any atom is 0.117 e. The van der Waals surface area contributed by atoms with Gasteiger partial charge in [-0.25, -0.2) is 0 Å². The van der Waals surface area contributed by atoms with E-state index >= 15 is 0 Å². The van der Waals surface area contributed by atoms with Crippen LogP contribution in [0.5, 0.6) is 0 Å². The highest BCUT2D eigenvalue weighted by molar-refractivity contribution is 6.73. The number of rotatable bonds is 3. The highest BCUT2D eigenvalue weighted by Crippen LogP contribution is 2.32. The maximum atomic E-state index is 7.27. The van der Waals surface area contributed by atoms with E-state index < -0.39 is 0 Å². The van der Waals surface area contributed by atoms with Gasteiger partial charge in [0, 0.05) is 38.8 Å². The molecule has 0 amide bonds. The normalized spacial score (nSPS) is 11.8. The minimum absolute atomic E-state index is 0.00139. The number of aromatic nitrogens is 2. The Bertz CT molecular complexity index is 2870. The average Bonchev–Trinajstić information content (AvgIpc) is 3.71. The second-order valence-corrected chi connectivity index (χ2v) is 13.0. The van der Waals surface area contributed by atoms with Crippen LogP contribution in [0.1, 0.15) is 0 Å². The van der Waals surface area contributed by atoms with Crippen molar-refractivity contribution in [1.82, 2.24) is 9.13 Å². The Hall–Kier alpha value is -4.11. The zero-order chi connectivity index (χ0) is 38.1. The molecule has 0 bridgehead atoms. The van der Waals surface area contributed by atoms with E-state index in [4.69, 9.17) is 118 Å². The van der Waals surface area contributed by atoms with Crippen LogP contribution in [0.15, 0.2) is 54.6 Å². The van der Waals surface area contributed by atoms with E-state index in [2.05, 4.69) is 0 Å². The van der Waals surface area contributed by atoms with Crippen LogP contribution in [0.3, 0.4) is 0 Å². The molecule has 0 spiro atoms. The fourth-order valence-corrected chi connectivity index (χ4v) is 7.57. The van der Waals surface area contributed by atoms with E-state index in [-0.39, 0.29) is 98.7 Å². The number of hydrogen-bond acceptors (Lipinski definition) is 0. The molecule has 6 aromatic carbocycles. The van der Waals surface area contributed by atoms with Crippen molar-refractivity contribution in [2.75, 3.05) is 0 Å². The van der Waals surface area contributed by atoms with E-state index in [0.29, 0.717) is 38.3 Å². The summed E-state index contributed by atoms with van der Waals surface area (Å²) in [5, 5.41) is 1.30. The largest absolute Gasteiger partial charge is 0.312 e. The lowest BCUT2D eigenvalue weighted by Gasteiger charge is -2.24. The van der Waals surface area contributed by atoms with Crippen LogP contribution >= 0.6 is 0 Å². The first-order chi connectivity index (χ1) is 25.1. The van der Waals surface area contributed by atoms with Gasteiger partial charge >= 0.3 is 0 Å². The van der Waals surface area contributed by atoms with Gasteiger partial charge in [0.15, 0.2) is 0 Å². The van der Waals surface area contributed by atoms with E-state index in [0.717, 1.165) is 11.1 Å². The summed E-state index contributed by atoms with van der Waals surface area (Å²) in [5.41, 5.74) is 4.66. The fraction of sp³-hybridized carbons (Fsp3) is 0. The Morgan fingerprint density at radius 3 is 1.09 bits per heavy atom. The molecule has 8 aromatic rings. The van der Waals surface area contributed by atoms with Gasteiger partial charge < -0.3 is 9.13 Å². The quantitative estimate of drug-likeness (QED) is 0.172. The van der Waals surface area contributed by atoms with Crippen LogP contribution in [0.2, 0.25) is 0 Å². The van der Waals surface area contributed by atoms with Crippen LogP contribution < -0.4 is 81.9 Å². The van der Waals surface area contributed by atoms with Crippen LogP contribution in [0.25, 0.3) is 66.1 Å². The maximum absolute atomic E-state index is 7.27. The molecule has 0 unspecified atom stereocenters. The van der Waals surface area contributed by atoms with Crippen molar-refractivity contribution in [1.29, 1.82) is 0 Å². The van der Waals surface area contributed by atoms with Gasteiger partial charge in [-0.3, -0.25) is 0 Å². The molecule has 8 rings (SSSR count). The lowest BCUT2D eigenvalue weighted by molar-refractivity contribution is 1.19. The van der Waals surface area contributed by atoms with Crippen LogP contribution in [0, 0.1) is 0 Å². The number of benzene rings is 6. The SMILES string of the molecule is [B]c1c([B])c([B])c2c(c1[B])c1c([B])c(-n3c4c([B])c([B])c([B])c([B])c4c4c([B])c([B])c([B])c([B])c43)c([B])c([B])c1n2-c1cccc(-c2ccccc2)c1. The predicted molar refractivity (Wildman–Crippen MR) is 241 cm³/mol. The molecule has 0 saturated carbocycles. The highest BCUT2D eigenvalue weighted by atomic mass is 15.0. The van der Waals surface area contributed by atoms with E-state index in [1.54, 1.807) is 4.57 Å². The first kappa shape index (κ1) is 35.9. The Balaban J connectivity index is 1.64. The average molecular weight is 632 g/mol. The molecule has 2 aromatic heterocycles. The predicted octanol–water partition coefficient (Wildman–Crippen LogP) is -8.55. The summed E-state index contributed by atoms with van der Waals surface area (Å²) in [4.78, 5) is 0. The molecule has 0 saturated heterocycles. The van der Waals surface area contributed by atoms with Crippen molar-refractivity contribution in [3.8, 4) is 22.5 Å². The zero-order valence-electron chi connectivity index (χ0n) is 28.3. The number of hydrogen-bond donors (Lipinski definition) is 0. The first-order valence-corrected chi connectivity index (χ1v) is 16.2. The van der Waals surface area contributed by atoms with Crippen LogP contribution in [-0.2, 0) is 0 Å². The summed E-state index contributed by atoms with van der Waals surface area (Å²) in [6.07, 6.45) is 0. The monoisotopic (exact) mass is 634 g/mol. The molecule has 2 heterocycles. The summed E-state index contributed by atoms with van der Waals surface area (Å²) in [6.45, 7) is 0. The lowest BCUT2D eigenvalue weighted by Crippen LogP contribution is -2.49. The third-order valence-corrected chi connectivity index (χ3v) is 10.3. The van der Waals surface area contributed by atoms with E-state index in [9.17, 15) is 0 Å². The van der Waals surface area contributed by atoms with Gasteiger partial charge in [0.1, 0.15) is 118 Å². The molecule has 0 fully saturated rings. The molecule has 0 aliphatic rings. The topological polar surface area (TPSA) is 9.86 Å². The zero-order valence-corrected chi connectivity index (χ0v) is 28.3. The number of nitrogens with zero attached hydrogens (tertiary/aromatic N) is 2. The Morgan fingerprint density at radius 1 is 0.283 bits per heavy atom. The van der Waals surface area contributed by atoms with E-state index in [1.165, 1.54) is 0 Å². The van der Waals surface area contributed by atoms with Crippen molar-refractivity contribution < 1.29 is 0 Å². The Kier molecular flexibility index (Phi) is 8.45. The number of fused-ring (bicyclic) bond motifs is 6. The second kappa shape index (κ2) is 12.5. The molecule has 208 valence electrons. The summed E-state index contributed by atoms with van der Waals surface area (Å²) >= 11 is 0. The molecule has 0 atom stereocenters. The van der Waals surface area contributed by atoms with Gasteiger partial charge in [0.25, 0.3) is 0 Å². The third kappa shape index (κ3) is 4.74. The summed E-state index contributed by atoms with van der Waals surface area (Å²) in [5.74, 6) is 0. The van der Waals surface area contributed by atoms with Gasteiger partial charge in [-0.15, -0.1) is 32.8 Å². The fourth-order valence-electron chi connectivity index (χ4n) is 7.57. The summed E-state index contributed by atoms with van der Waals surface area (Å²) < 4.78 is 3.37. The molecule has 17 heteroatoms. The lowest BCUT2D eigenvalue weighted by atomic mass is 9.63. The van der Waals surface area contributed by atoms with Gasteiger partial charge in [-0.1, -0.05) is 91.6 Å². The van der Waals surface area contributed by atoms with Crippen molar-refractivity contribution in [2.45, 2.75) is 0 Å². The van der Waals surface area contributed by atoms with Gasteiger partial charge in [0.2, 0.25) is 0 Å². The van der Waals surface area contributed by atoms with E-state index in [1.807, 2.05) is 59.2 Å². The summed E-state index contributed by atoms with van der Waals surface area (Å²) in [6, 6.07) is 17.6. The van der Waals surface area contributed by atoms with Crippen molar-refractivity contribution in [3.05, 3.63) is 54.6 Å². The smallest absolute Gasteiger partial charge is 0.117 e. The first-order valence-electron chi connectivity index (χ1n) is 16.2. The summed E-state index contributed by atoms with van der Waals surface area (Å²) in [7, 11) is 100. The molecule has 53 heavy (non-hydrogen) atoms. The molecule has 0 aliphatic carbocycles.